The summed E-state index contributed by atoms with van der Waals surface area (Å²) in [5.74, 6) is -0.868. The Morgan fingerprint density at radius 2 is 2.12 bits per heavy atom. The molecule has 136 valence electrons. The van der Waals surface area contributed by atoms with Crippen LogP contribution in [0.1, 0.15) is 35.8 Å². The summed E-state index contributed by atoms with van der Waals surface area (Å²) in [5, 5.41) is 7.32. The number of pyridine rings is 1. The van der Waals surface area contributed by atoms with Gasteiger partial charge in [-0.1, -0.05) is 18.6 Å². The van der Waals surface area contributed by atoms with E-state index in [1.165, 1.54) is 17.9 Å². The van der Waals surface area contributed by atoms with Crippen LogP contribution in [0, 0.1) is 0 Å². The zero-order chi connectivity index (χ0) is 18.6. The van der Waals surface area contributed by atoms with Crippen LogP contribution in [-0.2, 0) is 12.7 Å². The summed E-state index contributed by atoms with van der Waals surface area (Å²) in [6.07, 6.45) is -2.40. The number of hydrogen-bond acceptors (Lipinski definition) is 4. The largest absolute Gasteiger partial charge is 0.416 e. The van der Waals surface area contributed by atoms with E-state index in [2.05, 4.69) is 15.3 Å². The zero-order valence-electron chi connectivity index (χ0n) is 13.7. The van der Waals surface area contributed by atoms with Crippen molar-refractivity contribution >= 4 is 11.7 Å². The van der Waals surface area contributed by atoms with Gasteiger partial charge in [-0.05, 0) is 18.6 Å². The molecule has 1 amide bonds. The van der Waals surface area contributed by atoms with Gasteiger partial charge in [-0.15, -0.1) is 5.10 Å². The third-order valence-corrected chi connectivity index (χ3v) is 3.47. The quantitative estimate of drug-likeness (QED) is 0.744. The lowest BCUT2D eigenvalue weighted by Gasteiger charge is -2.16. The van der Waals surface area contributed by atoms with Crippen LogP contribution in [0.3, 0.4) is 0 Å². The maximum Gasteiger partial charge on any atom is 0.416 e. The van der Waals surface area contributed by atoms with Crippen LogP contribution in [0.25, 0.3) is 0 Å². The minimum absolute atomic E-state index is 0.0420. The van der Waals surface area contributed by atoms with E-state index in [1.54, 1.807) is 0 Å². The molecule has 0 fully saturated rings. The molecule has 0 aliphatic carbocycles. The summed E-state index contributed by atoms with van der Waals surface area (Å²) < 4.78 is 53.0. The Morgan fingerprint density at radius 3 is 2.76 bits per heavy atom. The predicted octanol–water partition coefficient (Wildman–Crippen LogP) is 3.11. The number of hydrogen-bond donors (Lipinski definition) is 0. The van der Waals surface area contributed by atoms with Crippen molar-refractivity contribution in [3.8, 4) is 0 Å². The third-order valence-electron chi connectivity index (χ3n) is 3.47. The van der Waals surface area contributed by atoms with Crippen LogP contribution in [0.2, 0.25) is 0 Å². The molecule has 0 radical (unpaired) electrons. The lowest BCUT2D eigenvalue weighted by molar-refractivity contribution is -0.137. The predicted molar refractivity (Wildman–Crippen MR) is 81.8 cm³/mol. The standard InChI is InChI=1S/C15H17F4N5O/c1-3-4-11(16)8-24-9-12(21-22-24)14(25)23(2)13-7-10(5-6-20-13)15(17,18)19/h5-7,9,11H,3-4,8H2,1-2H3. The number of nitrogens with zero attached hydrogens (tertiary/aromatic N) is 5. The minimum Gasteiger partial charge on any atom is -0.294 e. The normalized spacial score (nSPS) is 12.9. The molecule has 2 rings (SSSR count). The van der Waals surface area contributed by atoms with Crippen molar-refractivity contribution in [3.05, 3.63) is 35.8 Å². The molecule has 2 aromatic rings. The number of alkyl halides is 4. The van der Waals surface area contributed by atoms with Gasteiger partial charge in [-0.25, -0.2) is 14.1 Å². The van der Waals surface area contributed by atoms with E-state index in [4.69, 9.17) is 0 Å². The fourth-order valence-electron chi connectivity index (χ4n) is 2.15. The highest BCUT2D eigenvalue weighted by molar-refractivity contribution is 6.03. The second-order valence-corrected chi connectivity index (χ2v) is 5.48. The second kappa shape index (κ2) is 7.58. The Bertz CT molecular complexity index is 731. The Morgan fingerprint density at radius 1 is 1.40 bits per heavy atom. The highest BCUT2D eigenvalue weighted by Crippen LogP contribution is 2.30. The lowest BCUT2D eigenvalue weighted by atomic mass is 10.2. The first kappa shape index (κ1) is 18.8. The van der Waals surface area contributed by atoms with Gasteiger partial charge in [0.05, 0.1) is 18.3 Å². The summed E-state index contributed by atoms with van der Waals surface area (Å²) >= 11 is 0. The Balaban J connectivity index is 2.14. The molecule has 25 heavy (non-hydrogen) atoms. The highest BCUT2D eigenvalue weighted by Gasteiger charge is 2.31. The van der Waals surface area contributed by atoms with Gasteiger partial charge in [-0.2, -0.15) is 13.2 Å². The average Bonchev–Trinajstić information content (AvgIpc) is 3.01. The van der Waals surface area contributed by atoms with Gasteiger partial charge in [-0.3, -0.25) is 9.69 Å². The summed E-state index contributed by atoms with van der Waals surface area (Å²) in [6.45, 7) is 1.81. The summed E-state index contributed by atoms with van der Waals surface area (Å²) in [7, 11) is 1.28. The molecule has 10 heteroatoms. The first-order valence-corrected chi connectivity index (χ1v) is 7.58. The fourth-order valence-corrected chi connectivity index (χ4v) is 2.15. The fraction of sp³-hybridized carbons (Fsp3) is 0.467. The second-order valence-electron chi connectivity index (χ2n) is 5.48. The first-order chi connectivity index (χ1) is 11.7. The van der Waals surface area contributed by atoms with Gasteiger partial charge >= 0.3 is 6.18 Å². The molecule has 0 aromatic carbocycles. The molecular weight excluding hydrogens is 342 g/mol. The van der Waals surface area contributed by atoms with Crippen molar-refractivity contribution in [2.75, 3.05) is 11.9 Å². The van der Waals surface area contributed by atoms with Gasteiger partial charge in [0.15, 0.2) is 5.69 Å². The summed E-state index contributed by atoms with van der Waals surface area (Å²) in [5.41, 5.74) is -1.02. The molecule has 2 heterocycles. The van der Waals surface area contributed by atoms with Crippen LogP contribution >= 0.6 is 0 Å². The van der Waals surface area contributed by atoms with E-state index in [-0.39, 0.29) is 18.1 Å². The van der Waals surface area contributed by atoms with Crippen LogP contribution in [-0.4, -0.2) is 39.1 Å². The van der Waals surface area contributed by atoms with Crippen LogP contribution in [0.5, 0.6) is 0 Å². The Labute approximate surface area is 141 Å². The monoisotopic (exact) mass is 359 g/mol. The average molecular weight is 359 g/mol. The zero-order valence-corrected chi connectivity index (χ0v) is 13.7. The van der Waals surface area contributed by atoms with Crippen molar-refractivity contribution in [2.45, 2.75) is 38.7 Å². The third kappa shape index (κ3) is 4.74. The van der Waals surface area contributed by atoms with Crippen molar-refractivity contribution in [2.24, 2.45) is 0 Å². The number of rotatable bonds is 6. The molecular formula is C15H17F4N5O. The van der Waals surface area contributed by atoms with E-state index in [0.29, 0.717) is 12.8 Å². The molecule has 0 saturated carbocycles. The molecule has 0 saturated heterocycles. The van der Waals surface area contributed by atoms with Crippen LogP contribution in [0.15, 0.2) is 24.5 Å². The Hall–Kier alpha value is -2.52. The maximum atomic E-state index is 13.6. The maximum absolute atomic E-state index is 13.6. The molecule has 0 bridgehead atoms. The van der Waals surface area contributed by atoms with Gasteiger partial charge in [0.1, 0.15) is 12.0 Å². The van der Waals surface area contributed by atoms with Crippen molar-refractivity contribution in [1.29, 1.82) is 0 Å². The molecule has 2 aromatic heterocycles. The lowest BCUT2D eigenvalue weighted by Crippen LogP contribution is -2.27. The topological polar surface area (TPSA) is 63.9 Å². The Kier molecular flexibility index (Phi) is 5.70. The van der Waals surface area contributed by atoms with E-state index in [9.17, 15) is 22.4 Å². The summed E-state index contributed by atoms with van der Waals surface area (Å²) in [4.78, 5) is 17.0. The van der Waals surface area contributed by atoms with Crippen LogP contribution < -0.4 is 4.90 Å². The van der Waals surface area contributed by atoms with Gasteiger partial charge < -0.3 is 0 Å². The highest BCUT2D eigenvalue weighted by atomic mass is 19.4. The number of halogens is 4. The molecule has 0 spiro atoms. The van der Waals surface area contributed by atoms with E-state index < -0.39 is 23.8 Å². The minimum atomic E-state index is -4.54. The molecule has 6 nitrogen and oxygen atoms in total. The SMILES string of the molecule is CCCC(F)Cn1cc(C(=O)N(C)c2cc(C(F)(F)F)ccn2)nn1. The summed E-state index contributed by atoms with van der Waals surface area (Å²) in [6, 6.07) is 1.58. The van der Waals surface area contributed by atoms with E-state index >= 15 is 0 Å². The van der Waals surface area contributed by atoms with Gasteiger partial charge in [0.2, 0.25) is 0 Å². The van der Waals surface area contributed by atoms with Crippen LogP contribution in [0.4, 0.5) is 23.4 Å². The molecule has 1 atom stereocenters. The van der Waals surface area contributed by atoms with Crippen molar-refractivity contribution in [1.82, 2.24) is 20.0 Å². The van der Waals surface area contributed by atoms with Crippen molar-refractivity contribution in [3.63, 3.8) is 0 Å². The smallest absolute Gasteiger partial charge is 0.294 e. The number of aromatic nitrogens is 4. The van der Waals surface area contributed by atoms with Gasteiger partial charge in [0.25, 0.3) is 5.91 Å². The molecule has 0 aliphatic rings. The first-order valence-electron chi connectivity index (χ1n) is 7.58. The van der Waals surface area contributed by atoms with E-state index in [1.807, 2.05) is 6.92 Å². The number of carbonyl (C=O) groups is 1. The van der Waals surface area contributed by atoms with Gasteiger partial charge in [0, 0.05) is 13.2 Å². The molecule has 0 aliphatic heterocycles. The van der Waals surface area contributed by atoms with E-state index in [0.717, 1.165) is 23.2 Å². The number of anilines is 1. The molecule has 1 unspecified atom stereocenters. The number of amides is 1. The van der Waals surface area contributed by atoms with Crippen molar-refractivity contribution < 1.29 is 22.4 Å². The number of carbonyl (C=O) groups excluding carboxylic acids is 1. The molecule has 0 N–H and O–H groups in total.